The third kappa shape index (κ3) is 3.35. The molecule has 0 saturated heterocycles. The van der Waals surface area contributed by atoms with Crippen LogP contribution in [0.25, 0.3) is 22.4 Å². The number of thioether (sulfide) groups is 1. The van der Waals surface area contributed by atoms with Gasteiger partial charge in [0.2, 0.25) is 9.84 Å². The Morgan fingerprint density at radius 2 is 1.93 bits per heavy atom. The molecule has 9 heteroatoms. The predicted octanol–water partition coefficient (Wildman–Crippen LogP) is 4.14. The smallest absolute Gasteiger partial charge is 0.208 e. The molecule has 0 atom stereocenters. The molecule has 0 fully saturated rings. The number of hydrogen-bond donors (Lipinski definition) is 2. The van der Waals surface area contributed by atoms with Crippen molar-refractivity contribution in [3.8, 4) is 11.4 Å². The van der Waals surface area contributed by atoms with Crippen molar-refractivity contribution in [3.05, 3.63) is 59.5 Å². The Morgan fingerprint density at radius 1 is 1.17 bits per heavy atom. The number of para-hydroxylation sites is 2. The van der Waals surface area contributed by atoms with Crippen molar-refractivity contribution in [1.82, 2.24) is 9.55 Å². The molecule has 0 aliphatic carbocycles. The fourth-order valence-electron chi connectivity index (χ4n) is 3.15. The van der Waals surface area contributed by atoms with Gasteiger partial charge in [0.15, 0.2) is 0 Å². The number of nitrogens with zero attached hydrogens (tertiary/aromatic N) is 2. The van der Waals surface area contributed by atoms with E-state index in [0.29, 0.717) is 14.9 Å². The first-order valence-electron chi connectivity index (χ1n) is 8.62. The van der Waals surface area contributed by atoms with Crippen molar-refractivity contribution in [2.45, 2.75) is 14.0 Å². The fourth-order valence-corrected chi connectivity index (χ4v) is 7.06. The minimum Gasteiger partial charge on any atom is -0.383 e. The van der Waals surface area contributed by atoms with Crippen LogP contribution < -0.4 is 5.73 Å². The number of nitrogen functional groups attached to an aromatic ring is 1. The van der Waals surface area contributed by atoms with Gasteiger partial charge in [-0.25, -0.2) is 13.4 Å². The van der Waals surface area contributed by atoms with Gasteiger partial charge in [-0.2, -0.15) is 0 Å². The van der Waals surface area contributed by atoms with Crippen LogP contribution in [0.1, 0.15) is 4.88 Å². The lowest BCUT2D eigenvalue weighted by Crippen LogP contribution is -2.08. The zero-order chi connectivity index (χ0) is 20.8. The van der Waals surface area contributed by atoms with Gasteiger partial charge in [-0.15, -0.1) is 23.1 Å². The van der Waals surface area contributed by atoms with Crippen molar-refractivity contribution in [2.75, 3.05) is 6.26 Å². The van der Waals surface area contributed by atoms with Gasteiger partial charge < -0.3 is 10.3 Å². The highest BCUT2D eigenvalue weighted by atomic mass is 32.2. The maximum absolute atomic E-state index is 13.3. The van der Waals surface area contributed by atoms with Gasteiger partial charge in [0, 0.05) is 12.6 Å². The molecule has 0 radical (unpaired) electrons. The van der Waals surface area contributed by atoms with Crippen LogP contribution in [-0.4, -0.2) is 30.1 Å². The fraction of sp³-hybridized carbons (Fsp3) is 0.100. The quantitative estimate of drug-likeness (QED) is 0.275. The number of sulfone groups is 1. The van der Waals surface area contributed by atoms with Gasteiger partial charge in [-0.05, 0) is 36.6 Å². The summed E-state index contributed by atoms with van der Waals surface area (Å²) in [6.45, 7) is 0. The van der Waals surface area contributed by atoms with Gasteiger partial charge in [-0.1, -0.05) is 24.3 Å². The van der Waals surface area contributed by atoms with E-state index in [9.17, 15) is 8.42 Å². The summed E-state index contributed by atoms with van der Waals surface area (Å²) >= 11 is 2.54. The van der Waals surface area contributed by atoms with E-state index in [0.717, 1.165) is 16.6 Å². The summed E-state index contributed by atoms with van der Waals surface area (Å²) in [7, 11) is -1.86. The summed E-state index contributed by atoms with van der Waals surface area (Å²) in [6.07, 6.45) is 1.81. The first-order valence-corrected chi connectivity index (χ1v) is 12.1. The molecule has 148 valence electrons. The van der Waals surface area contributed by atoms with E-state index >= 15 is 0 Å². The number of nitrogens with two attached hydrogens (primary N) is 1. The van der Waals surface area contributed by atoms with Crippen molar-refractivity contribution in [1.29, 1.82) is 5.41 Å². The molecule has 2 aromatic heterocycles. The third-order valence-electron chi connectivity index (χ3n) is 4.60. The van der Waals surface area contributed by atoms with E-state index in [1.54, 1.807) is 18.2 Å². The summed E-state index contributed by atoms with van der Waals surface area (Å²) in [5, 5.41) is 7.63. The molecule has 4 rings (SSSR count). The van der Waals surface area contributed by atoms with Crippen molar-refractivity contribution < 1.29 is 8.42 Å². The number of imidazole rings is 1. The maximum Gasteiger partial charge on any atom is 0.208 e. The maximum atomic E-state index is 13.3. The van der Waals surface area contributed by atoms with Crippen LogP contribution in [0.15, 0.2) is 68.6 Å². The first kappa shape index (κ1) is 19.7. The first-order chi connectivity index (χ1) is 13.8. The van der Waals surface area contributed by atoms with Crippen LogP contribution in [0.2, 0.25) is 0 Å². The van der Waals surface area contributed by atoms with E-state index in [1.807, 2.05) is 48.2 Å². The second-order valence-electron chi connectivity index (χ2n) is 6.39. The van der Waals surface area contributed by atoms with Crippen LogP contribution in [0.5, 0.6) is 0 Å². The Balaban J connectivity index is 1.85. The van der Waals surface area contributed by atoms with Gasteiger partial charge in [0.1, 0.15) is 11.7 Å². The molecule has 0 amide bonds. The van der Waals surface area contributed by atoms with Gasteiger partial charge in [-0.3, -0.25) is 5.41 Å². The van der Waals surface area contributed by atoms with Gasteiger partial charge in [0.25, 0.3) is 0 Å². The molecule has 0 bridgehead atoms. The number of amidine groups is 1. The Bertz CT molecular complexity index is 1350. The standard InChI is InChI=1S/C20H18N4O2S3/c1-24-15-9-4-3-8-14(15)23-19(24)12-6-5-7-13(10-12)29(25,26)17-11-16(18(21)22)28-20(17)27-2/h3-11H,1-2H3,(H3,21,22). The normalized spacial score (nSPS) is 11.8. The highest BCUT2D eigenvalue weighted by Crippen LogP contribution is 2.37. The molecule has 29 heavy (non-hydrogen) atoms. The lowest BCUT2D eigenvalue weighted by molar-refractivity contribution is 0.595. The molecule has 0 aliphatic rings. The summed E-state index contributed by atoms with van der Waals surface area (Å²) < 4.78 is 29.3. The molecule has 4 aromatic rings. The lowest BCUT2D eigenvalue weighted by Gasteiger charge is -2.08. The number of nitrogens with one attached hydrogen (secondary N) is 1. The van der Waals surface area contributed by atoms with Crippen molar-refractivity contribution in [3.63, 3.8) is 0 Å². The van der Waals surface area contributed by atoms with E-state index in [4.69, 9.17) is 11.1 Å². The number of rotatable bonds is 5. The molecule has 0 unspecified atom stereocenters. The molecule has 6 nitrogen and oxygen atoms in total. The van der Waals surface area contributed by atoms with Crippen LogP contribution in [0.4, 0.5) is 0 Å². The molecule has 2 heterocycles. The van der Waals surface area contributed by atoms with Crippen LogP contribution in [0.3, 0.4) is 0 Å². The Hall–Kier alpha value is -2.62. The van der Waals surface area contributed by atoms with Gasteiger partial charge in [0.05, 0.1) is 29.9 Å². The number of benzene rings is 2. The number of hydrogen-bond acceptors (Lipinski definition) is 6. The zero-order valence-corrected chi connectivity index (χ0v) is 18.2. The van der Waals surface area contributed by atoms with E-state index in [-0.39, 0.29) is 15.6 Å². The minimum atomic E-state index is -3.77. The number of aryl methyl sites for hydroxylation is 1. The minimum absolute atomic E-state index is 0.139. The third-order valence-corrected chi connectivity index (χ3v) is 8.93. The summed E-state index contributed by atoms with van der Waals surface area (Å²) in [5.41, 5.74) is 8.11. The average Bonchev–Trinajstić information content (AvgIpc) is 3.31. The number of fused-ring (bicyclic) bond motifs is 1. The van der Waals surface area contributed by atoms with Crippen LogP contribution in [0, 0.1) is 5.41 Å². The second kappa shape index (κ2) is 7.33. The zero-order valence-electron chi connectivity index (χ0n) is 15.7. The van der Waals surface area contributed by atoms with Crippen molar-refractivity contribution >= 4 is 49.8 Å². The highest BCUT2D eigenvalue weighted by molar-refractivity contribution is 8.01. The Kier molecular flexibility index (Phi) is 4.97. The molecule has 2 aromatic carbocycles. The van der Waals surface area contributed by atoms with E-state index in [2.05, 4.69) is 4.98 Å². The topological polar surface area (TPSA) is 102 Å². The Morgan fingerprint density at radius 3 is 2.62 bits per heavy atom. The molecule has 3 N–H and O–H groups in total. The molecular weight excluding hydrogens is 424 g/mol. The molecule has 0 spiro atoms. The van der Waals surface area contributed by atoms with E-state index < -0.39 is 9.84 Å². The lowest BCUT2D eigenvalue weighted by atomic mass is 10.2. The molecular formula is C20H18N4O2S3. The second-order valence-corrected chi connectivity index (χ2v) is 10.4. The summed E-state index contributed by atoms with van der Waals surface area (Å²) in [5.74, 6) is 0.559. The Labute approximate surface area is 176 Å². The van der Waals surface area contributed by atoms with Crippen molar-refractivity contribution in [2.24, 2.45) is 12.8 Å². The molecule has 0 saturated carbocycles. The van der Waals surface area contributed by atoms with Gasteiger partial charge >= 0.3 is 0 Å². The summed E-state index contributed by atoms with van der Waals surface area (Å²) in [6, 6.07) is 16.1. The average molecular weight is 443 g/mol. The number of thiophene rings is 1. The summed E-state index contributed by atoms with van der Waals surface area (Å²) in [4.78, 5) is 5.47. The van der Waals surface area contributed by atoms with Crippen LogP contribution >= 0.6 is 23.1 Å². The predicted molar refractivity (Wildman–Crippen MR) is 119 cm³/mol. The van der Waals surface area contributed by atoms with E-state index in [1.165, 1.54) is 29.2 Å². The number of aromatic nitrogens is 2. The largest absolute Gasteiger partial charge is 0.383 e. The monoisotopic (exact) mass is 442 g/mol. The highest BCUT2D eigenvalue weighted by Gasteiger charge is 2.25. The van der Waals surface area contributed by atoms with Crippen LogP contribution in [-0.2, 0) is 16.9 Å². The molecule has 0 aliphatic heterocycles. The SMILES string of the molecule is CSc1sc(C(=N)N)cc1S(=O)(=O)c1cccc(-c2nc3ccccc3n2C)c1.